The van der Waals surface area contributed by atoms with Crippen molar-refractivity contribution in [2.75, 3.05) is 26.2 Å². The maximum atomic E-state index is 13.0. The van der Waals surface area contributed by atoms with E-state index in [4.69, 9.17) is 0 Å². The zero-order chi connectivity index (χ0) is 17.8. The molecule has 1 heterocycles. The normalized spacial score (nSPS) is 14.7. The summed E-state index contributed by atoms with van der Waals surface area (Å²) in [7, 11) is 0. The third kappa shape index (κ3) is 3.73. The van der Waals surface area contributed by atoms with E-state index >= 15 is 0 Å². The van der Waals surface area contributed by atoms with Gasteiger partial charge in [-0.15, -0.1) is 0 Å². The molecule has 2 amide bonds. The molecule has 0 atom stereocenters. The summed E-state index contributed by atoms with van der Waals surface area (Å²) in [6, 6.07) is 17.7. The van der Waals surface area contributed by atoms with Crippen molar-refractivity contribution in [1.29, 1.82) is 0 Å². The number of nitrogens with zero attached hydrogens (tertiary/aromatic N) is 2. The van der Waals surface area contributed by atoms with Crippen LogP contribution in [0.5, 0.6) is 0 Å². The Morgan fingerprint density at radius 2 is 1.36 bits per heavy atom. The van der Waals surface area contributed by atoms with Gasteiger partial charge in [0.25, 0.3) is 5.91 Å². The van der Waals surface area contributed by atoms with E-state index in [0.29, 0.717) is 26.2 Å². The SMILES string of the molecule is CC(C)C(=O)N1CCN(C(=O)c2ccccc2-c2ccccc2)CC1. The summed E-state index contributed by atoms with van der Waals surface area (Å²) < 4.78 is 0. The van der Waals surface area contributed by atoms with Crippen LogP contribution in [0.1, 0.15) is 24.2 Å². The van der Waals surface area contributed by atoms with Crippen molar-refractivity contribution in [3.8, 4) is 11.1 Å². The number of carbonyl (C=O) groups excluding carboxylic acids is 2. The summed E-state index contributed by atoms with van der Waals surface area (Å²) in [5.74, 6) is 0.203. The van der Waals surface area contributed by atoms with Crippen molar-refractivity contribution in [3.05, 3.63) is 60.2 Å². The maximum Gasteiger partial charge on any atom is 0.254 e. The first-order valence-corrected chi connectivity index (χ1v) is 8.80. The molecule has 0 unspecified atom stereocenters. The van der Waals surface area contributed by atoms with Crippen molar-refractivity contribution >= 4 is 11.8 Å². The van der Waals surface area contributed by atoms with E-state index in [1.807, 2.05) is 78.2 Å². The molecule has 0 bridgehead atoms. The molecule has 25 heavy (non-hydrogen) atoms. The lowest BCUT2D eigenvalue weighted by molar-refractivity contribution is -0.135. The van der Waals surface area contributed by atoms with Gasteiger partial charge in [-0.25, -0.2) is 0 Å². The molecule has 0 saturated carbocycles. The molecule has 1 aliphatic rings. The first kappa shape index (κ1) is 17.2. The van der Waals surface area contributed by atoms with Crippen LogP contribution in [0.2, 0.25) is 0 Å². The Kier molecular flexibility index (Phi) is 5.17. The highest BCUT2D eigenvalue weighted by molar-refractivity contribution is 6.01. The molecule has 0 N–H and O–H groups in total. The fourth-order valence-corrected chi connectivity index (χ4v) is 3.20. The second-order valence-corrected chi connectivity index (χ2v) is 6.68. The highest BCUT2D eigenvalue weighted by Crippen LogP contribution is 2.25. The van der Waals surface area contributed by atoms with Gasteiger partial charge in [0.2, 0.25) is 5.91 Å². The van der Waals surface area contributed by atoms with Crippen molar-refractivity contribution in [1.82, 2.24) is 9.80 Å². The summed E-state index contributed by atoms with van der Waals surface area (Å²) in [6.45, 7) is 6.21. The van der Waals surface area contributed by atoms with Crippen LogP contribution in [0.15, 0.2) is 54.6 Å². The van der Waals surface area contributed by atoms with Gasteiger partial charge in [0.15, 0.2) is 0 Å². The Labute approximate surface area is 149 Å². The number of benzene rings is 2. The molecule has 4 heteroatoms. The lowest BCUT2D eigenvalue weighted by atomic mass is 9.98. The highest BCUT2D eigenvalue weighted by atomic mass is 16.2. The smallest absolute Gasteiger partial charge is 0.254 e. The van der Waals surface area contributed by atoms with Crippen LogP contribution >= 0.6 is 0 Å². The van der Waals surface area contributed by atoms with Crippen LogP contribution in [0.3, 0.4) is 0 Å². The molecule has 0 aliphatic carbocycles. The lowest BCUT2D eigenvalue weighted by Gasteiger charge is -2.36. The maximum absolute atomic E-state index is 13.0. The number of hydrogen-bond acceptors (Lipinski definition) is 2. The standard InChI is InChI=1S/C21H24N2O2/c1-16(2)20(24)22-12-14-23(15-13-22)21(25)19-11-7-6-10-18(19)17-8-4-3-5-9-17/h3-11,16H,12-15H2,1-2H3. The third-order valence-electron chi connectivity index (χ3n) is 4.61. The Morgan fingerprint density at radius 1 is 0.800 bits per heavy atom. The zero-order valence-electron chi connectivity index (χ0n) is 14.8. The number of amides is 2. The third-order valence-corrected chi connectivity index (χ3v) is 4.61. The minimum Gasteiger partial charge on any atom is -0.339 e. The number of carbonyl (C=O) groups is 2. The fourth-order valence-electron chi connectivity index (χ4n) is 3.20. The van der Waals surface area contributed by atoms with Crippen molar-refractivity contribution < 1.29 is 9.59 Å². The predicted molar refractivity (Wildman–Crippen MR) is 99.2 cm³/mol. The Bertz CT molecular complexity index is 748. The van der Waals surface area contributed by atoms with E-state index in [9.17, 15) is 9.59 Å². The van der Waals surface area contributed by atoms with Crippen molar-refractivity contribution in [2.45, 2.75) is 13.8 Å². The van der Waals surface area contributed by atoms with Gasteiger partial charge in [-0.3, -0.25) is 9.59 Å². The molecular formula is C21H24N2O2. The van der Waals surface area contributed by atoms with Crippen LogP contribution in [0.4, 0.5) is 0 Å². The minimum atomic E-state index is 0.000980. The molecule has 1 fully saturated rings. The second-order valence-electron chi connectivity index (χ2n) is 6.68. The van der Waals surface area contributed by atoms with Crippen LogP contribution in [-0.4, -0.2) is 47.8 Å². The Hall–Kier alpha value is -2.62. The quantitative estimate of drug-likeness (QED) is 0.863. The number of rotatable bonds is 3. The van der Waals surface area contributed by atoms with E-state index in [0.717, 1.165) is 16.7 Å². The van der Waals surface area contributed by atoms with Gasteiger partial charge in [-0.1, -0.05) is 62.4 Å². The minimum absolute atomic E-state index is 0.000980. The van der Waals surface area contributed by atoms with Crippen LogP contribution in [0.25, 0.3) is 11.1 Å². The second kappa shape index (κ2) is 7.51. The van der Waals surface area contributed by atoms with Gasteiger partial charge in [-0.2, -0.15) is 0 Å². The highest BCUT2D eigenvalue weighted by Gasteiger charge is 2.26. The molecule has 2 aromatic carbocycles. The first-order chi connectivity index (χ1) is 12.1. The molecule has 1 aliphatic heterocycles. The van der Waals surface area contributed by atoms with Crippen LogP contribution in [-0.2, 0) is 4.79 Å². The van der Waals surface area contributed by atoms with E-state index in [-0.39, 0.29) is 17.7 Å². The average Bonchev–Trinajstić information content (AvgIpc) is 2.67. The molecule has 0 aromatic heterocycles. The number of hydrogen-bond donors (Lipinski definition) is 0. The Morgan fingerprint density at radius 3 is 2.00 bits per heavy atom. The fraction of sp³-hybridized carbons (Fsp3) is 0.333. The summed E-state index contributed by atoms with van der Waals surface area (Å²) in [4.78, 5) is 28.8. The average molecular weight is 336 g/mol. The molecule has 0 radical (unpaired) electrons. The van der Waals surface area contributed by atoms with Gasteiger partial charge < -0.3 is 9.80 Å². The summed E-state index contributed by atoms with van der Waals surface area (Å²) >= 11 is 0. The van der Waals surface area contributed by atoms with Crippen LogP contribution in [0, 0.1) is 5.92 Å². The van der Waals surface area contributed by atoms with E-state index in [1.54, 1.807) is 0 Å². The first-order valence-electron chi connectivity index (χ1n) is 8.80. The van der Waals surface area contributed by atoms with Crippen LogP contribution < -0.4 is 0 Å². The predicted octanol–water partition coefficient (Wildman–Crippen LogP) is 3.29. The molecule has 2 aromatic rings. The largest absolute Gasteiger partial charge is 0.339 e. The molecule has 3 rings (SSSR count). The molecule has 4 nitrogen and oxygen atoms in total. The van der Waals surface area contributed by atoms with Crippen molar-refractivity contribution in [3.63, 3.8) is 0 Å². The molecular weight excluding hydrogens is 312 g/mol. The van der Waals surface area contributed by atoms with Crippen molar-refractivity contribution in [2.24, 2.45) is 5.92 Å². The molecule has 130 valence electrons. The monoisotopic (exact) mass is 336 g/mol. The van der Waals surface area contributed by atoms with E-state index in [2.05, 4.69) is 0 Å². The van der Waals surface area contributed by atoms with Gasteiger partial charge in [0.1, 0.15) is 0 Å². The molecule has 1 saturated heterocycles. The van der Waals surface area contributed by atoms with Gasteiger partial charge >= 0.3 is 0 Å². The summed E-state index contributed by atoms with van der Waals surface area (Å²) in [6.07, 6.45) is 0. The van der Waals surface area contributed by atoms with Gasteiger partial charge in [-0.05, 0) is 17.2 Å². The zero-order valence-corrected chi connectivity index (χ0v) is 14.8. The Balaban J connectivity index is 1.76. The summed E-state index contributed by atoms with van der Waals surface area (Å²) in [5, 5.41) is 0. The number of piperazine rings is 1. The van der Waals surface area contributed by atoms with Gasteiger partial charge in [0, 0.05) is 37.7 Å². The van der Waals surface area contributed by atoms with E-state index < -0.39 is 0 Å². The topological polar surface area (TPSA) is 40.6 Å². The van der Waals surface area contributed by atoms with E-state index in [1.165, 1.54) is 0 Å². The lowest BCUT2D eigenvalue weighted by Crippen LogP contribution is -2.51. The van der Waals surface area contributed by atoms with Gasteiger partial charge in [0.05, 0.1) is 0 Å². The molecule has 0 spiro atoms. The summed E-state index contributed by atoms with van der Waals surface area (Å²) in [5.41, 5.74) is 2.71.